The molecule has 11 heteroatoms. The molecule has 2 aromatic rings. The number of carbonyl (C=O) groups is 2. The number of carbonyl (C=O) groups excluding carboxylic acids is 2. The van der Waals surface area contributed by atoms with Crippen molar-refractivity contribution in [2.45, 2.75) is 102 Å². The van der Waals surface area contributed by atoms with Crippen LogP contribution in [0, 0.1) is 0 Å². The third kappa shape index (κ3) is 7.47. The molecule has 1 atom stereocenters. The van der Waals surface area contributed by atoms with Crippen LogP contribution in [-0.4, -0.2) is 51.9 Å². The summed E-state index contributed by atoms with van der Waals surface area (Å²) in [4.78, 5) is 30.3. The van der Waals surface area contributed by atoms with Crippen molar-refractivity contribution in [3.8, 4) is 10.4 Å². The average Bonchev–Trinajstić information content (AvgIpc) is 3.33. The Morgan fingerprint density at radius 1 is 1.03 bits per heavy atom. The van der Waals surface area contributed by atoms with Crippen molar-refractivity contribution in [2.75, 3.05) is 12.4 Å². The zero-order chi connectivity index (χ0) is 28.0. The maximum Gasteiger partial charge on any atom is 0.411 e. The normalized spacial score (nSPS) is 19.2. The molecule has 0 spiro atoms. The first-order valence-corrected chi connectivity index (χ1v) is 15.5. The maximum atomic E-state index is 14.0. The molecule has 1 aromatic carbocycles. The third-order valence-electron chi connectivity index (χ3n) is 6.33. The molecule has 3 rings (SSSR count). The van der Waals surface area contributed by atoms with Gasteiger partial charge in [-0.1, -0.05) is 6.07 Å². The third-order valence-corrected chi connectivity index (χ3v) is 10.3. The van der Waals surface area contributed by atoms with Crippen molar-refractivity contribution in [1.29, 1.82) is 0 Å². The van der Waals surface area contributed by atoms with Crippen LogP contribution in [0.25, 0.3) is 10.4 Å². The molecule has 1 fully saturated rings. The number of nitrogens with one attached hydrogen (secondary N) is 2. The van der Waals surface area contributed by atoms with Crippen LogP contribution in [0.4, 0.5) is 15.3 Å². The molecule has 1 saturated carbocycles. The summed E-state index contributed by atoms with van der Waals surface area (Å²) >= 11 is 1.59. The van der Waals surface area contributed by atoms with E-state index in [1.807, 2.05) is 40.0 Å². The van der Waals surface area contributed by atoms with Gasteiger partial charge in [0.2, 0.25) is 0 Å². The predicted molar refractivity (Wildman–Crippen MR) is 152 cm³/mol. The summed E-state index contributed by atoms with van der Waals surface area (Å²) in [5.41, 5.74) is 1.30. The molecule has 1 aliphatic carbocycles. The SMILES string of the molecule is CN=S(=O)(c1cc(NC(=O)OC(C)C)ccc1-c1cnc(C2CCC(NC(=O)OC(C)C)CC2)s1)C(C)C. The van der Waals surface area contributed by atoms with Gasteiger partial charge < -0.3 is 14.8 Å². The number of amides is 2. The monoisotopic (exact) mass is 564 g/mol. The second-order valence-electron chi connectivity index (χ2n) is 10.3. The van der Waals surface area contributed by atoms with Gasteiger partial charge >= 0.3 is 12.2 Å². The molecule has 210 valence electrons. The lowest BCUT2D eigenvalue weighted by atomic mass is 9.86. The van der Waals surface area contributed by atoms with E-state index in [1.165, 1.54) is 0 Å². The highest BCUT2D eigenvalue weighted by Gasteiger charge is 2.28. The lowest BCUT2D eigenvalue weighted by Gasteiger charge is -2.28. The van der Waals surface area contributed by atoms with Gasteiger partial charge in [-0.2, -0.15) is 0 Å². The van der Waals surface area contributed by atoms with Crippen LogP contribution < -0.4 is 10.6 Å². The van der Waals surface area contributed by atoms with Gasteiger partial charge in [-0.05, 0) is 79.4 Å². The van der Waals surface area contributed by atoms with Crippen LogP contribution in [0.15, 0.2) is 33.7 Å². The molecule has 0 saturated heterocycles. The molecule has 38 heavy (non-hydrogen) atoms. The van der Waals surface area contributed by atoms with Gasteiger partial charge in [-0.25, -0.2) is 23.1 Å². The Balaban J connectivity index is 1.83. The summed E-state index contributed by atoms with van der Waals surface area (Å²) in [6, 6.07) is 5.49. The molecule has 0 radical (unpaired) electrons. The number of anilines is 1. The van der Waals surface area contributed by atoms with E-state index in [-0.39, 0.29) is 29.6 Å². The molecule has 1 aliphatic rings. The van der Waals surface area contributed by atoms with E-state index in [2.05, 4.69) is 15.0 Å². The van der Waals surface area contributed by atoms with Crippen LogP contribution in [0.3, 0.4) is 0 Å². The number of benzene rings is 1. The van der Waals surface area contributed by atoms with E-state index in [4.69, 9.17) is 14.5 Å². The number of hydrogen-bond donors (Lipinski definition) is 2. The van der Waals surface area contributed by atoms with E-state index >= 15 is 0 Å². The first-order chi connectivity index (χ1) is 17.9. The number of aromatic nitrogens is 1. The average molecular weight is 565 g/mol. The highest BCUT2D eigenvalue weighted by molar-refractivity contribution is 7.94. The van der Waals surface area contributed by atoms with Crippen molar-refractivity contribution in [2.24, 2.45) is 4.36 Å². The number of alkyl carbamates (subject to hydrolysis) is 1. The molecule has 1 unspecified atom stereocenters. The van der Waals surface area contributed by atoms with Gasteiger partial charge in [0.15, 0.2) is 0 Å². The highest BCUT2D eigenvalue weighted by Crippen LogP contribution is 2.40. The summed E-state index contributed by atoms with van der Waals surface area (Å²) in [6.07, 6.45) is 4.06. The zero-order valence-corrected chi connectivity index (χ0v) is 24.9. The van der Waals surface area contributed by atoms with Gasteiger partial charge in [-0.3, -0.25) is 5.32 Å². The number of rotatable bonds is 8. The van der Waals surface area contributed by atoms with Gasteiger partial charge in [0.05, 0.1) is 36.7 Å². The first kappa shape index (κ1) is 29.9. The van der Waals surface area contributed by atoms with E-state index < -0.39 is 15.8 Å². The Kier molecular flexibility index (Phi) is 10.2. The predicted octanol–water partition coefficient (Wildman–Crippen LogP) is 6.79. The maximum absolute atomic E-state index is 14.0. The molecule has 0 bridgehead atoms. The number of thiazole rings is 1. The Hall–Kier alpha value is -2.66. The zero-order valence-electron chi connectivity index (χ0n) is 23.3. The largest absolute Gasteiger partial charge is 0.447 e. The van der Waals surface area contributed by atoms with Crippen LogP contribution in [0.2, 0.25) is 0 Å². The van der Waals surface area contributed by atoms with Gasteiger partial charge in [0, 0.05) is 41.7 Å². The molecule has 9 nitrogen and oxygen atoms in total. The minimum Gasteiger partial charge on any atom is -0.447 e. The topological polar surface area (TPSA) is 119 Å². The van der Waals surface area contributed by atoms with E-state index in [0.717, 1.165) is 41.1 Å². The fourth-order valence-corrected chi connectivity index (χ4v) is 7.58. The van der Waals surface area contributed by atoms with E-state index in [0.29, 0.717) is 16.5 Å². The first-order valence-electron chi connectivity index (χ1n) is 13.1. The molecule has 0 aliphatic heterocycles. The summed E-state index contributed by atoms with van der Waals surface area (Å²) in [5, 5.41) is 6.49. The fourth-order valence-electron chi connectivity index (χ4n) is 4.47. The molecular weight excluding hydrogens is 524 g/mol. The minimum absolute atomic E-state index is 0.104. The van der Waals surface area contributed by atoms with Gasteiger partial charge in [-0.15, -0.1) is 11.3 Å². The number of ether oxygens (including phenoxy) is 2. The van der Waals surface area contributed by atoms with Crippen LogP contribution >= 0.6 is 11.3 Å². The summed E-state index contributed by atoms with van der Waals surface area (Å²) < 4.78 is 28.7. The quantitative estimate of drug-likeness (QED) is 0.364. The van der Waals surface area contributed by atoms with Crippen LogP contribution in [0.1, 0.15) is 78.2 Å². The van der Waals surface area contributed by atoms with Gasteiger partial charge in [0.1, 0.15) is 0 Å². The number of nitrogens with zero attached hydrogens (tertiary/aromatic N) is 2. The standard InChI is InChI=1S/C27H40N4O5S2/c1-16(2)35-26(32)30-20-10-8-19(9-11-20)25-29-15-23(37-25)22-13-12-21(31-27(33)36-17(3)4)14-24(22)38(34,28-7)18(5)6/h12-20H,8-11H2,1-7H3,(H,30,32)(H,31,33). The summed E-state index contributed by atoms with van der Waals surface area (Å²) in [7, 11) is -1.20. The van der Waals surface area contributed by atoms with Crippen molar-refractivity contribution in [3.05, 3.63) is 29.4 Å². The molecule has 1 heterocycles. The molecule has 2 N–H and O–H groups in total. The lowest BCUT2D eigenvalue weighted by Crippen LogP contribution is -2.38. The Morgan fingerprint density at radius 3 is 2.24 bits per heavy atom. The Bertz CT molecular complexity index is 1240. The van der Waals surface area contributed by atoms with E-state index in [1.54, 1.807) is 44.4 Å². The van der Waals surface area contributed by atoms with Crippen molar-refractivity contribution in [1.82, 2.24) is 10.3 Å². The highest BCUT2D eigenvalue weighted by atomic mass is 32.2. The van der Waals surface area contributed by atoms with Crippen LogP contribution in [-0.2, 0) is 19.2 Å². The molecule has 1 aromatic heterocycles. The smallest absolute Gasteiger partial charge is 0.411 e. The second kappa shape index (κ2) is 12.9. The minimum atomic E-state index is -2.77. The second-order valence-corrected chi connectivity index (χ2v) is 14.2. The summed E-state index contributed by atoms with van der Waals surface area (Å²) in [5.74, 6) is 0.299. The Morgan fingerprint density at radius 2 is 1.66 bits per heavy atom. The molecular formula is C27H40N4O5S2. The van der Waals surface area contributed by atoms with E-state index in [9.17, 15) is 13.8 Å². The van der Waals surface area contributed by atoms with Gasteiger partial charge in [0.25, 0.3) is 0 Å². The van der Waals surface area contributed by atoms with Crippen molar-refractivity contribution >= 4 is 38.9 Å². The lowest BCUT2D eigenvalue weighted by molar-refractivity contribution is 0.109. The van der Waals surface area contributed by atoms with Crippen molar-refractivity contribution in [3.63, 3.8) is 0 Å². The fraction of sp³-hybridized carbons (Fsp3) is 0.593. The number of hydrogen-bond acceptors (Lipinski definition) is 8. The summed E-state index contributed by atoms with van der Waals surface area (Å²) in [6.45, 7) is 11.0. The Labute approximate surface area is 230 Å². The van der Waals surface area contributed by atoms with Crippen molar-refractivity contribution < 1.29 is 23.3 Å². The molecule has 2 amide bonds. The van der Waals surface area contributed by atoms with Crippen LogP contribution in [0.5, 0.6) is 0 Å².